The molecule has 0 radical (unpaired) electrons. The van der Waals surface area contributed by atoms with Crippen LogP contribution >= 0.6 is 27.3 Å². The lowest BCUT2D eigenvalue weighted by Crippen LogP contribution is -2.11. The van der Waals surface area contributed by atoms with Crippen LogP contribution in [-0.4, -0.2) is 6.61 Å². The zero-order valence-corrected chi connectivity index (χ0v) is 14.6. The van der Waals surface area contributed by atoms with Crippen molar-refractivity contribution in [1.29, 1.82) is 0 Å². The number of hydrogen-bond donors (Lipinski definition) is 1. The lowest BCUT2D eigenvalue weighted by molar-refractivity contribution is 0.340. The summed E-state index contributed by atoms with van der Waals surface area (Å²) in [7, 11) is 0. The van der Waals surface area contributed by atoms with Gasteiger partial charge in [-0.05, 0) is 61.9 Å². The lowest BCUT2D eigenvalue weighted by Gasteiger charge is -2.13. The molecule has 112 valence electrons. The molecule has 3 rings (SSSR count). The van der Waals surface area contributed by atoms with Crippen molar-refractivity contribution in [3.05, 3.63) is 49.6 Å². The Bertz CT molecular complexity index is 614. The van der Waals surface area contributed by atoms with Crippen molar-refractivity contribution in [1.82, 2.24) is 0 Å². The van der Waals surface area contributed by atoms with E-state index in [0.717, 1.165) is 15.8 Å². The number of aryl methyl sites for hydroxylation is 2. The Morgan fingerprint density at radius 1 is 1.29 bits per heavy atom. The van der Waals surface area contributed by atoms with E-state index >= 15 is 0 Å². The van der Waals surface area contributed by atoms with Crippen LogP contribution < -0.4 is 10.5 Å². The van der Waals surface area contributed by atoms with Crippen LogP contribution in [0.2, 0.25) is 0 Å². The van der Waals surface area contributed by atoms with Crippen LogP contribution in [-0.2, 0) is 12.8 Å². The fourth-order valence-corrected chi connectivity index (χ4v) is 4.72. The summed E-state index contributed by atoms with van der Waals surface area (Å²) in [5, 5.41) is 0. The molecule has 0 amide bonds. The number of thiophene rings is 1. The standard InChI is InChI=1S/C17H20BrNOS/c1-2-20-12-7-8-13(14(18)10-12)17(19)16-9-11-5-3-4-6-15(11)21-16/h7-10,17H,2-6,19H2,1H3. The second-order valence-electron chi connectivity index (χ2n) is 5.40. The molecule has 1 aromatic heterocycles. The first-order valence-corrected chi connectivity index (χ1v) is 9.09. The van der Waals surface area contributed by atoms with Crippen molar-refractivity contribution in [3.63, 3.8) is 0 Å². The normalized spacial score (nSPS) is 15.6. The van der Waals surface area contributed by atoms with Gasteiger partial charge in [0.15, 0.2) is 0 Å². The molecule has 1 aliphatic rings. The second kappa shape index (κ2) is 6.51. The molecule has 2 aromatic rings. The predicted molar refractivity (Wildman–Crippen MR) is 92.3 cm³/mol. The van der Waals surface area contributed by atoms with Gasteiger partial charge in [0.25, 0.3) is 0 Å². The molecule has 0 saturated heterocycles. The maximum absolute atomic E-state index is 6.49. The van der Waals surface area contributed by atoms with Gasteiger partial charge in [-0.1, -0.05) is 22.0 Å². The van der Waals surface area contributed by atoms with E-state index in [9.17, 15) is 0 Å². The largest absolute Gasteiger partial charge is 0.494 e. The molecule has 1 unspecified atom stereocenters. The van der Waals surface area contributed by atoms with Crippen molar-refractivity contribution in [2.45, 2.75) is 38.6 Å². The van der Waals surface area contributed by atoms with Gasteiger partial charge >= 0.3 is 0 Å². The van der Waals surface area contributed by atoms with E-state index in [1.165, 1.54) is 41.0 Å². The maximum Gasteiger partial charge on any atom is 0.120 e. The Balaban J connectivity index is 1.87. The minimum absolute atomic E-state index is 0.0642. The molecule has 2 N–H and O–H groups in total. The third-order valence-electron chi connectivity index (χ3n) is 3.94. The summed E-state index contributed by atoms with van der Waals surface area (Å²) in [4.78, 5) is 2.81. The maximum atomic E-state index is 6.49. The molecule has 0 fully saturated rings. The highest BCUT2D eigenvalue weighted by molar-refractivity contribution is 9.10. The van der Waals surface area contributed by atoms with Gasteiger partial charge in [-0.2, -0.15) is 0 Å². The van der Waals surface area contributed by atoms with Crippen molar-refractivity contribution in [2.24, 2.45) is 5.73 Å². The molecule has 1 heterocycles. The average molecular weight is 366 g/mol. The number of nitrogens with two attached hydrogens (primary N) is 1. The van der Waals surface area contributed by atoms with Crippen LogP contribution in [0.1, 0.15) is 46.7 Å². The fraction of sp³-hybridized carbons (Fsp3) is 0.412. The highest BCUT2D eigenvalue weighted by Gasteiger charge is 2.19. The third-order valence-corrected chi connectivity index (χ3v) is 5.95. The summed E-state index contributed by atoms with van der Waals surface area (Å²) in [6.45, 7) is 2.67. The summed E-state index contributed by atoms with van der Waals surface area (Å²) in [6.07, 6.45) is 5.06. The van der Waals surface area contributed by atoms with Crippen LogP contribution in [0.25, 0.3) is 0 Å². The highest BCUT2D eigenvalue weighted by atomic mass is 79.9. The van der Waals surface area contributed by atoms with E-state index in [2.05, 4.69) is 28.1 Å². The molecule has 4 heteroatoms. The first-order chi connectivity index (χ1) is 10.2. The Hall–Kier alpha value is -0.840. The summed E-state index contributed by atoms with van der Waals surface area (Å²) >= 11 is 5.52. The second-order valence-corrected chi connectivity index (χ2v) is 7.42. The molecule has 2 nitrogen and oxygen atoms in total. The van der Waals surface area contributed by atoms with E-state index in [1.54, 1.807) is 0 Å². The zero-order chi connectivity index (χ0) is 14.8. The minimum atomic E-state index is -0.0642. The van der Waals surface area contributed by atoms with Crippen LogP contribution in [0.5, 0.6) is 5.75 Å². The summed E-state index contributed by atoms with van der Waals surface area (Å²) in [5.74, 6) is 0.880. The molecule has 1 aliphatic carbocycles. The van der Waals surface area contributed by atoms with Crippen LogP contribution in [0.3, 0.4) is 0 Å². The topological polar surface area (TPSA) is 35.2 Å². The summed E-state index contributed by atoms with van der Waals surface area (Å²) < 4.78 is 6.55. The molecule has 0 aliphatic heterocycles. The quantitative estimate of drug-likeness (QED) is 0.841. The number of halogens is 1. The molecule has 0 saturated carbocycles. The molecular weight excluding hydrogens is 346 g/mol. The number of benzene rings is 1. The van der Waals surface area contributed by atoms with Gasteiger partial charge in [0.1, 0.15) is 5.75 Å². The lowest BCUT2D eigenvalue weighted by atomic mass is 9.98. The number of fused-ring (bicyclic) bond motifs is 1. The van der Waals surface area contributed by atoms with Crippen molar-refractivity contribution in [2.75, 3.05) is 6.61 Å². The van der Waals surface area contributed by atoms with Gasteiger partial charge in [-0.15, -0.1) is 11.3 Å². The first-order valence-electron chi connectivity index (χ1n) is 7.48. The Morgan fingerprint density at radius 2 is 2.10 bits per heavy atom. The Kier molecular flexibility index (Phi) is 4.67. The molecule has 1 aromatic carbocycles. The van der Waals surface area contributed by atoms with Gasteiger partial charge in [0.2, 0.25) is 0 Å². The molecule has 0 spiro atoms. The average Bonchev–Trinajstić information content (AvgIpc) is 2.91. The molecular formula is C17H20BrNOS. The van der Waals surface area contributed by atoms with Crippen molar-refractivity contribution >= 4 is 27.3 Å². The number of hydrogen-bond acceptors (Lipinski definition) is 3. The Labute approximate surface area is 138 Å². The van der Waals surface area contributed by atoms with E-state index in [4.69, 9.17) is 10.5 Å². The van der Waals surface area contributed by atoms with Crippen LogP contribution in [0.15, 0.2) is 28.7 Å². The van der Waals surface area contributed by atoms with Crippen LogP contribution in [0, 0.1) is 0 Å². The zero-order valence-electron chi connectivity index (χ0n) is 12.2. The SMILES string of the molecule is CCOc1ccc(C(N)c2cc3c(s2)CCCC3)c(Br)c1. The van der Waals surface area contributed by atoms with E-state index in [-0.39, 0.29) is 6.04 Å². The molecule has 21 heavy (non-hydrogen) atoms. The molecule has 1 atom stereocenters. The van der Waals surface area contributed by atoms with Crippen LogP contribution in [0.4, 0.5) is 0 Å². The monoisotopic (exact) mass is 365 g/mol. The van der Waals surface area contributed by atoms with Gasteiger partial charge in [-0.3, -0.25) is 0 Å². The first kappa shape index (κ1) is 15.1. The van der Waals surface area contributed by atoms with E-state index in [1.807, 2.05) is 30.4 Å². The van der Waals surface area contributed by atoms with Crippen molar-refractivity contribution < 1.29 is 4.74 Å². The van der Waals surface area contributed by atoms with Gasteiger partial charge in [0.05, 0.1) is 12.6 Å². The minimum Gasteiger partial charge on any atom is -0.494 e. The number of ether oxygens (including phenoxy) is 1. The highest BCUT2D eigenvalue weighted by Crippen LogP contribution is 2.37. The summed E-state index contributed by atoms with van der Waals surface area (Å²) in [5.41, 5.74) is 9.13. The van der Waals surface area contributed by atoms with Gasteiger partial charge in [-0.25, -0.2) is 0 Å². The van der Waals surface area contributed by atoms with E-state index in [0.29, 0.717) is 6.61 Å². The van der Waals surface area contributed by atoms with Gasteiger partial charge in [0, 0.05) is 14.2 Å². The smallest absolute Gasteiger partial charge is 0.120 e. The number of rotatable bonds is 4. The predicted octanol–water partition coefficient (Wildman–Crippen LogP) is 4.84. The molecule has 0 bridgehead atoms. The van der Waals surface area contributed by atoms with E-state index < -0.39 is 0 Å². The summed E-state index contributed by atoms with van der Waals surface area (Å²) in [6, 6.07) is 8.32. The fourth-order valence-electron chi connectivity index (χ4n) is 2.84. The van der Waals surface area contributed by atoms with Gasteiger partial charge < -0.3 is 10.5 Å². The third kappa shape index (κ3) is 3.17. The van der Waals surface area contributed by atoms with Crippen molar-refractivity contribution in [3.8, 4) is 5.75 Å². The Morgan fingerprint density at radius 3 is 2.81 bits per heavy atom.